The Balaban J connectivity index is 2.06. The van der Waals surface area contributed by atoms with Gasteiger partial charge in [-0.25, -0.2) is 0 Å². The Morgan fingerprint density at radius 3 is 2.05 bits per heavy atom. The van der Waals surface area contributed by atoms with Gasteiger partial charge in [-0.3, -0.25) is 0 Å². The van der Waals surface area contributed by atoms with Crippen LogP contribution in [0.25, 0.3) is 0 Å². The zero-order chi connectivity index (χ0) is 15.9. The van der Waals surface area contributed by atoms with E-state index >= 15 is 0 Å². The van der Waals surface area contributed by atoms with Crippen molar-refractivity contribution in [3.8, 4) is 23.0 Å². The summed E-state index contributed by atoms with van der Waals surface area (Å²) >= 11 is 0. The lowest BCUT2D eigenvalue weighted by Crippen LogP contribution is -2.20. The summed E-state index contributed by atoms with van der Waals surface area (Å²) < 4.78 is 20.8. The summed E-state index contributed by atoms with van der Waals surface area (Å²) in [5.74, 6) is 2.20. The van der Waals surface area contributed by atoms with Gasteiger partial charge in [-0.2, -0.15) is 0 Å². The van der Waals surface area contributed by atoms with E-state index in [1.165, 1.54) is 0 Å². The van der Waals surface area contributed by atoms with Gasteiger partial charge in [0.15, 0.2) is 0 Å². The Hall–Kier alpha value is -2.38. The van der Waals surface area contributed by atoms with Crippen LogP contribution in [-0.4, -0.2) is 31.6 Å². The summed E-state index contributed by atoms with van der Waals surface area (Å²) in [5, 5.41) is 17.6. The van der Waals surface area contributed by atoms with Gasteiger partial charge in [0.2, 0.25) is 0 Å². The standard InChI is InChI=1S/C15H17BO6/c1-19-14-6-11(7-15(9-14)20-2)10-21-12-4-3-5-13(8-12)22-16(17)18/h3-9,17-18H,10H2,1-2H3. The average molecular weight is 304 g/mol. The third kappa shape index (κ3) is 4.58. The van der Waals surface area contributed by atoms with Crippen LogP contribution >= 0.6 is 0 Å². The summed E-state index contributed by atoms with van der Waals surface area (Å²) in [7, 11) is 1.30. The summed E-state index contributed by atoms with van der Waals surface area (Å²) in [6.07, 6.45) is 0. The Morgan fingerprint density at radius 2 is 1.45 bits per heavy atom. The molecule has 0 saturated heterocycles. The maximum absolute atomic E-state index is 8.78. The molecule has 2 aromatic rings. The van der Waals surface area contributed by atoms with Crippen molar-refractivity contribution in [3.63, 3.8) is 0 Å². The van der Waals surface area contributed by atoms with Crippen LogP contribution in [0.1, 0.15) is 5.56 Å². The minimum atomic E-state index is -1.86. The van der Waals surface area contributed by atoms with E-state index in [0.717, 1.165) is 5.56 Å². The molecule has 22 heavy (non-hydrogen) atoms. The lowest BCUT2D eigenvalue weighted by atomic mass is 10.2. The molecular formula is C15H17BO6. The third-order valence-corrected chi connectivity index (χ3v) is 2.86. The van der Waals surface area contributed by atoms with Crippen LogP contribution in [0.15, 0.2) is 42.5 Å². The minimum Gasteiger partial charge on any atom is -0.512 e. The van der Waals surface area contributed by atoms with Gasteiger partial charge in [0.05, 0.1) is 14.2 Å². The van der Waals surface area contributed by atoms with E-state index < -0.39 is 7.32 Å². The van der Waals surface area contributed by atoms with Crippen molar-refractivity contribution in [2.45, 2.75) is 6.61 Å². The highest BCUT2D eigenvalue weighted by molar-refractivity contribution is 6.33. The van der Waals surface area contributed by atoms with Gasteiger partial charge in [0.25, 0.3) is 0 Å². The van der Waals surface area contributed by atoms with Gasteiger partial charge < -0.3 is 28.9 Å². The maximum Gasteiger partial charge on any atom is 0.707 e. The molecule has 0 amide bonds. The monoisotopic (exact) mass is 304 g/mol. The summed E-state index contributed by atoms with van der Waals surface area (Å²) in [6, 6.07) is 12.1. The van der Waals surface area contributed by atoms with Crippen molar-refractivity contribution in [2.75, 3.05) is 14.2 Å². The molecule has 0 fully saturated rings. The quantitative estimate of drug-likeness (QED) is 0.757. The highest BCUT2D eigenvalue weighted by Crippen LogP contribution is 2.25. The fourth-order valence-electron chi connectivity index (χ4n) is 1.88. The molecule has 0 aliphatic rings. The maximum atomic E-state index is 8.78. The third-order valence-electron chi connectivity index (χ3n) is 2.86. The topological polar surface area (TPSA) is 77.4 Å². The fourth-order valence-corrected chi connectivity index (χ4v) is 1.88. The van der Waals surface area contributed by atoms with Crippen LogP contribution in [0.4, 0.5) is 0 Å². The highest BCUT2D eigenvalue weighted by Gasteiger charge is 2.11. The Labute approximate surface area is 129 Å². The molecule has 0 unspecified atom stereocenters. The van der Waals surface area contributed by atoms with Crippen molar-refractivity contribution in [3.05, 3.63) is 48.0 Å². The summed E-state index contributed by atoms with van der Waals surface area (Å²) in [4.78, 5) is 0. The smallest absolute Gasteiger partial charge is 0.512 e. The lowest BCUT2D eigenvalue weighted by molar-refractivity contribution is 0.283. The van der Waals surface area contributed by atoms with E-state index in [9.17, 15) is 0 Å². The van der Waals surface area contributed by atoms with Crippen molar-refractivity contribution < 1.29 is 28.9 Å². The van der Waals surface area contributed by atoms with Gasteiger partial charge in [-0.15, -0.1) is 0 Å². The highest BCUT2D eigenvalue weighted by atomic mass is 16.6. The molecule has 0 radical (unpaired) electrons. The molecule has 0 saturated carbocycles. The first-order valence-corrected chi connectivity index (χ1v) is 6.58. The number of rotatable bonds is 7. The minimum absolute atomic E-state index is 0.302. The zero-order valence-corrected chi connectivity index (χ0v) is 12.4. The van der Waals surface area contributed by atoms with E-state index in [2.05, 4.69) is 0 Å². The second-order valence-electron chi connectivity index (χ2n) is 4.43. The molecule has 0 heterocycles. The van der Waals surface area contributed by atoms with Crippen molar-refractivity contribution >= 4 is 7.32 Å². The molecule has 2 aromatic carbocycles. The fraction of sp³-hybridized carbons (Fsp3) is 0.200. The first kappa shape index (κ1) is 16.0. The number of methoxy groups -OCH3 is 2. The molecule has 0 bridgehead atoms. The molecule has 0 aromatic heterocycles. The summed E-state index contributed by atoms with van der Waals surface area (Å²) in [6.45, 7) is 0.304. The van der Waals surface area contributed by atoms with Crippen LogP contribution in [0, 0.1) is 0 Å². The van der Waals surface area contributed by atoms with Crippen LogP contribution in [0.5, 0.6) is 23.0 Å². The molecular weight excluding hydrogens is 287 g/mol. The van der Waals surface area contributed by atoms with Gasteiger partial charge in [0, 0.05) is 12.1 Å². The van der Waals surface area contributed by atoms with Crippen molar-refractivity contribution in [1.82, 2.24) is 0 Å². The lowest BCUT2D eigenvalue weighted by Gasteiger charge is -2.11. The van der Waals surface area contributed by atoms with E-state index in [4.69, 9.17) is 28.9 Å². The first-order valence-electron chi connectivity index (χ1n) is 6.58. The van der Waals surface area contributed by atoms with Crippen LogP contribution in [0.3, 0.4) is 0 Å². The molecule has 6 nitrogen and oxygen atoms in total. The Morgan fingerprint density at radius 1 is 0.864 bits per heavy atom. The molecule has 7 heteroatoms. The first-order chi connectivity index (χ1) is 10.6. The summed E-state index contributed by atoms with van der Waals surface area (Å²) in [5.41, 5.74) is 0.879. The van der Waals surface area contributed by atoms with Gasteiger partial charge >= 0.3 is 7.32 Å². The van der Waals surface area contributed by atoms with Gasteiger partial charge in [-0.1, -0.05) is 6.07 Å². The number of ether oxygens (including phenoxy) is 3. The molecule has 2 N–H and O–H groups in total. The number of hydrogen-bond donors (Lipinski definition) is 2. The van der Waals surface area contributed by atoms with E-state index in [0.29, 0.717) is 29.6 Å². The van der Waals surface area contributed by atoms with E-state index in [1.807, 2.05) is 12.1 Å². The molecule has 0 atom stereocenters. The van der Waals surface area contributed by atoms with Crippen molar-refractivity contribution in [1.29, 1.82) is 0 Å². The van der Waals surface area contributed by atoms with Crippen LogP contribution in [0.2, 0.25) is 0 Å². The van der Waals surface area contributed by atoms with Gasteiger partial charge in [0.1, 0.15) is 29.6 Å². The Bertz CT molecular complexity index is 594. The molecule has 0 aliphatic carbocycles. The second-order valence-corrected chi connectivity index (χ2v) is 4.43. The van der Waals surface area contributed by atoms with Gasteiger partial charge in [-0.05, 0) is 29.8 Å². The second kappa shape index (κ2) is 7.58. The number of benzene rings is 2. The molecule has 2 rings (SSSR count). The average Bonchev–Trinajstić information content (AvgIpc) is 2.52. The van der Waals surface area contributed by atoms with Crippen LogP contribution in [-0.2, 0) is 6.61 Å². The normalized spacial score (nSPS) is 10.0. The SMILES string of the molecule is COc1cc(COc2cccc(OB(O)O)c2)cc(OC)c1. The molecule has 0 aliphatic heterocycles. The number of hydrogen-bond acceptors (Lipinski definition) is 6. The zero-order valence-electron chi connectivity index (χ0n) is 12.4. The molecule has 116 valence electrons. The van der Waals surface area contributed by atoms with E-state index in [-0.39, 0.29) is 0 Å². The largest absolute Gasteiger partial charge is 0.707 e. The predicted octanol–water partition coefficient (Wildman–Crippen LogP) is 1.63. The van der Waals surface area contributed by atoms with Crippen LogP contribution < -0.4 is 18.9 Å². The van der Waals surface area contributed by atoms with Crippen molar-refractivity contribution in [2.24, 2.45) is 0 Å². The Kier molecular flexibility index (Phi) is 5.51. The molecule has 0 spiro atoms. The predicted molar refractivity (Wildman–Crippen MR) is 81.1 cm³/mol. The van der Waals surface area contributed by atoms with E-state index in [1.54, 1.807) is 44.6 Å².